The summed E-state index contributed by atoms with van der Waals surface area (Å²) in [5.74, 6) is -0.832. The SMILES string of the molecule is COCCOCCOCCSc1c(F)cc(N)cc1F. The van der Waals surface area contributed by atoms with E-state index in [1.807, 2.05) is 0 Å². The van der Waals surface area contributed by atoms with Crippen LogP contribution in [0.25, 0.3) is 0 Å². The van der Waals surface area contributed by atoms with Crippen LogP contribution in [0.1, 0.15) is 0 Å². The van der Waals surface area contributed by atoms with Crippen molar-refractivity contribution < 1.29 is 23.0 Å². The average Bonchev–Trinajstić information content (AvgIpc) is 2.39. The molecule has 0 unspecified atom stereocenters. The summed E-state index contributed by atoms with van der Waals surface area (Å²) in [7, 11) is 1.60. The van der Waals surface area contributed by atoms with Gasteiger partial charge in [0.25, 0.3) is 0 Å². The van der Waals surface area contributed by atoms with Crippen molar-refractivity contribution in [2.45, 2.75) is 4.90 Å². The molecule has 0 radical (unpaired) electrons. The molecule has 20 heavy (non-hydrogen) atoms. The maximum Gasteiger partial charge on any atom is 0.141 e. The van der Waals surface area contributed by atoms with Gasteiger partial charge < -0.3 is 19.9 Å². The quantitative estimate of drug-likeness (QED) is 0.408. The predicted molar refractivity (Wildman–Crippen MR) is 75.0 cm³/mol. The fraction of sp³-hybridized carbons (Fsp3) is 0.538. The van der Waals surface area contributed by atoms with Gasteiger partial charge in [-0.15, -0.1) is 11.8 Å². The van der Waals surface area contributed by atoms with Crippen molar-refractivity contribution in [3.8, 4) is 0 Å². The number of methoxy groups -OCH3 is 1. The Morgan fingerprint density at radius 3 is 2.15 bits per heavy atom. The fourth-order valence-corrected chi connectivity index (χ4v) is 2.18. The van der Waals surface area contributed by atoms with Crippen LogP contribution in [-0.4, -0.2) is 45.9 Å². The van der Waals surface area contributed by atoms with Crippen molar-refractivity contribution in [1.29, 1.82) is 0 Å². The van der Waals surface area contributed by atoms with Crippen LogP contribution in [-0.2, 0) is 14.2 Å². The minimum atomic E-state index is -0.643. The first kappa shape index (κ1) is 17.2. The molecule has 0 bridgehead atoms. The van der Waals surface area contributed by atoms with E-state index in [9.17, 15) is 8.78 Å². The lowest BCUT2D eigenvalue weighted by Crippen LogP contribution is -2.09. The van der Waals surface area contributed by atoms with Gasteiger partial charge in [-0.05, 0) is 12.1 Å². The fourth-order valence-electron chi connectivity index (χ4n) is 1.38. The Morgan fingerprint density at radius 2 is 1.55 bits per heavy atom. The molecule has 1 aromatic carbocycles. The largest absolute Gasteiger partial charge is 0.399 e. The molecule has 0 amide bonds. The van der Waals surface area contributed by atoms with E-state index in [0.29, 0.717) is 38.8 Å². The molecule has 0 aliphatic heterocycles. The van der Waals surface area contributed by atoms with Gasteiger partial charge in [0.1, 0.15) is 11.6 Å². The van der Waals surface area contributed by atoms with Crippen molar-refractivity contribution in [1.82, 2.24) is 0 Å². The van der Waals surface area contributed by atoms with Crippen LogP contribution < -0.4 is 5.73 Å². The molecule has 114 valence electrons. The molecule has 0 fully saturated rings. The summed E-state index contributed by atoms with van der Waals surface area (Å²) < 4.78 is 42.2. The summed E-state index contributed by atoms with van der Waals surface area (Å²) in [6.07, 6.45) is 0. The lowest BCUT2D eigenvalue weighted by Gasteiger charge is -2.07. The summed E-state index contributed by atoms with van der Waals surface area (Å²) in [4.78, 5) is -0.0286. The Kier molecular flexibility index (Phi) is 8.52. The molecule has 0 aliphatic rings. The number of benzene rings is 1. The van der Waals surface area contributed by atoms with Gasteiger partial charge in [-0.1, -0.05) is 0 Å². The van der Waals surface area contributed by atoms with E-state index in [1.165, 1.54) is 0 Å². The molecule has 0 spiro atoms. The first-order valence-corrected chi connectivity index (χ1v) is 7.15. The minimum absolute atomic E-state index is 0.0286. The number of anilines is 1. The highest BCUT2D eigenvalue weighted by molar-refractivity contribution is 7.99. The second kappa shape index (κ2) is 9.93. The Hall–Kier alpha value is -0.890. The van der Waals surface area contributed by atoms with Crippen LogP contribution in [0.2, 0.25) is 0 Å². The number of hydrogen-bond acceptors (Lipinski definition) is 5. The molecule has 2 N–H and O–H groups in total. The number of ether oxygens (including phenoxy) is 3. The van der Waals surface area contributed by atoms with E-state index < -0.39 is 11.6 Å². The number of nitrogen functional groups attached to an aromatic ring is 1. The summed E-state index contributed by atoms with van der Waals surface area (Å²) in [5.41, 5.74) is 5.41. The third-order valence-electron chi connectivity index (χ3n) is 2.30. The van der Waals surface area contributed by atoms with Gasteiger partial charge in [0.2, 0.25) is 0 Å². The van der Waals surface area contributed by atoms with Gasteiger partial charge in [-0.3, -0.25) is 0 Å². The summed E-state index contributed by atoms with van der Waals surface area (Å²) in [6, 6.07) is 2.21. The molecule has 7 heteroatoms. The van der Waals surface area contributed by atoms with E-state index in [-0.39, 0.29) is 10.6 Å². The number of hydrogen-bond donors (Lipinski definition) is 1. The Morgan fingerprint density at radius 1 is 1.00 bits per heavy atom. The highest BCUT2D eigenvalue weighted by atomic mass is 32.2. The van der Waals surface area contributed by atoms with Gasteiger partial charge in [-0.2, -0.15) is 0 Å². The first-order valence-electron chi connectivity index (χ1n) is 6.17. The second-order valence-electron chi connectivity index (χ2n) is 3.88. The van der Waals surface area contributed by atoms with Crippen LogP contribution in [0.15, 0.2) is 17.0 Å². The van der Waals surface area contributed by atoms with Crippen LogP contribution >= 0.6 is 11.8 Å². The zero-order chi connectivity index (χ0) is 14.8. The van der Waals surface area contributed by atoms with E-state index >= 15 is 0 Å². The molecule has 0 atom stereocenters. The number of thioether (sulfide) groups is 1. The Balaban J connectivity index is 2.13. The van der Waals surface area contributed by atoms with E-state index in [4.69, 9.17) is 19.9 Å². The molecule has 0 aromatic heterocycles. The minimum Gasteiger partial charge on any atom is -0.399 e. The smallest absolute Gasteiger partial charge is 0.141 e. The molecule has 1 rings (SSSR count). The summed E-state index contributed by atoms with van der Waals surface area (Å²) in [5, 5.41) is 0. The van der Waals surface area contributed by atoms with Crippen molar-refractivity contribution in [2.24, 2.45) is 0 Å². The zero-order valence-corrected chi connectivity index (χ0v) is 12.2. The standard InChI is InChI=1S/C13H19F2NO3S/c1-17-2-3-18-4-5-19-6-7-20-13-11(14)8-10(16)9-12(13)15/h8-9H,2-7,16H2,1H3. The van der Waals surface area contributed by atoms with Crippen molar-refractivity contribution in [2.75, 3.05) is 51.6 Å². The van der Waals surface area contributed by atoms with E-state index in [2.05, 4.69) is 0 Å². The van der Waals surface area contributed by atoms with Gasteiger partial charge >= 0.3 is 0 Å². The zero-order valence-electron chi connectivity index (χ0n) is 11.4. The number of nitrogens with two attached hydrogens (primary N) is 1. The monoisotopic (exact) mass is 307 g/mol. The molecule has 1 aromatic rings. The molecule has 0 saturated heterocycles. The van der Waals surface area contributed by atoms with Gasteiger partial charge in [0, 0.05) is 18.6 Å². The molecule has 0 heterocycles. The van der Waals surface area contributed by atoms with Gasteiger partial charge in [0.15, 0.2) is 0 Å². The highest BCUT2D eigenvalue weighted by Crippen LogP contribution is 2.26. The number of halogens is 2. The van der Waals surface area contributed by atoms with Gasteiger partial charge in [-0.25, -0.2) is 8.78 Å². The van der Waals surface area contributed by atoms with E-state index in [0.717, 1.165) is 23.9 Å². The third kappa shape index (κ3) is 6.51. The molecular weight excluding hydrogens is 288 g/mol. The molecule has 4 nitrogen and oxygen atoms in total. The van der Waals surface area contributed by atoms with Crippen LogP contribution in [0.4, 0.5) is 14.5 Å². The van der Waals surface area contributed by atoms with Crippen molar-refractivity contribution in [3.63, 3.8) is 0 Å². The third-order valence-corrected chi connectivity index (χ3v) is 3.35. The maximum atomic E-state index is 13.4. The number of rotatable bonds is 10. The molecular formula is C13H19F2NO3S. The average molecular weight is 307 g/mol. The molecule has 0 aliphatic carbocycles. The van der Waals surface area contributed by atoms with Crippen LogP contribution in [0, 0.1) is 11.6 Å². The van der Waals surface area contributed by atoms with Crippen molar-refractivity contribution >= 4 is 17.4 Å². The van der Waals surface area contributed by atoms with Crippen LogP contribution in [0.5, 0.6) is 0 Å². The summed E-state index contributed by atoms with van der Waals surface area (Å²) >= 11 is 1.06. The normalized spacial score (nSPS) is 10.9. The highest BCUT2D eigenvalue weighted by Gasteiger charge is 2.10. The van der Waals surface area contributed by atoms with Crippen LogP contribution in [0.3, 0.4) is 0 Å². The Bertz CT molecular complexity index is 384. The van der Waals surface area contributed by atoms with Gasteiger partial charge in [0.05, 0.1) is 37.9 Å². The van der Waals surface area contributed by atoms with E-state index in [1.54, 1.807) is 7.11 Å². The van der Waals surface area contributed by atoms with Crippen molar-refractivity contribution in [3.05, 3.63) is 23.8 Å². The second-order valence-corrected chi connectivity index (χ2v) is 4.98. The topological polar surface area (TPSA) is 53.7 Å². The Labute approximate surface area is 121 Å². The summed E-state index contributed by atoms with van der Waals surface area (Å²) in [6.45, 7) is 2.37. The lowest BCUT2D eigenvalue weighted by molar-refractivity contribution is 0.0286. The predicted octanol–water partition coefficient (Wildman–Crippen LogP) is 2.32. The molecule has 0 saturated carbocycles. The maximum absolute atomic E-state index is 13.4. The first-order chi connectivity index (χ1) is 9.65. The lowest BCUT2D eigenvalue weighted by atomic mass is 10.3.